The van der Waals surface area contributed by atoms with Crippen LogP contribution in [0.25, 0.3) is 265 Å². The Morgan fingerprint density at radius 2 is 0.353 bits per heavy atom. The summed E-state index contributed by atoms with van der Waals surface area (Å²) in [6.07, 6.45) is 0. The van der Waals surface area contributed by atoms with Crippen LogP contribution in [0.3, 0.4) is 0 Å². The second-order valence-corrected chi connectivity index (χ2v) is 38.8. The van der Waals surface area contributed by atoms with Gasteiger partial charge in [0.1, 0.15) is 0 Å². The van der Waals surface area contributed by atoms with Crippen molar-refractivity contribution in [1.29, 1.82) is 0 Å². The first-order chi connectivity index (χ1) is 74.5. The molecule has 0 N–H and O–H groups in total. The summed E-state index contributed by atoms with van der Waals surface area (Å²) in [5.74, 6) is 0. The van der Waals surface area contributed by atoms with Crippen LogP contribution < -0.4 is 0 Å². The van der Waals surface area contributed by atoms with Crippen LogP contribution in [0.2, 0.25) is 0 Å². The van der Waals surface area contributed by atoms with Crippen LogP contribution in [0.15, 0.2) is 582 Å². The Morgan fingerprint density at radius 3 is 0.727 bits per heavy atom. The quantitative estimate of drug-likeness (QED) is 0.0979. The highest BCUT2D eigenvalue weighted by Crippen LogP contribution is 2.50. The first kappa shape index (κ1) is 87.8. The monoisotopic (exact) mass is 1910 g/mol. The zero-order valence-corrected chi connectivity index (χ0v) is 82.1. The Balaban J connectivity index is 0.000000108. The van der Waals surface area contributed by atoms with E-state index in [2.05, 4.69) is 610 Å². The van der Waals surface area contributed by atoms with Crippen molar-refractivity contribution >= 4 is 131 Å². The molecule has 0 bridgehead atoms. The normalized spacial score (nSPS) is 11.6. The molecule has 0 amide bonds. The van der Waals surface area contributed by atoms with Gasteiger partial charge in [-0.05, 0) is 217 Å². The number of nitrogens with zero attached hydrogens (tertiary/aromatic N) is 6. The zero-order chi connectivity index (χ0) is 99.1. The third kappa shape index (κ3) is 15.0. The summed E-state index contributed by atoms with van der Waals surface area (Å²) in [5, 5.41) is 15.0. The van der Waals surface area contributed by atoms with E-state index in [4.69, 9.17) is 0 Å². The fourth-order valence-corrected chi connectivity index (χ4v) is 23.8. The lowest BCUT2D eigenvalue weighted by Crippen LogP contribution is -1.99. The maximum absolute atomic E-state index is 2.48. The van der Waals surface area contributed by atoms with Crippen LogP contribution >= 0.6 is 0 Å². The molecule has 30 rings (SSSR count). The van der Waals surface area contributed by atoms with Crippen LogP contribution in [-0.4, -0.2) is 27.4 Å². The lowest BCUT2D eigenvalue weighted by molar-refractivity contribution is 1.18. The molecule has 0 fully saturated rings. The number of hydrogen-bond acceptors (Lipinski definition) is 0. The molecule has 0 spiro atoms. The van der Waals surface area contributed by atoms with E-state index >= 15 is 0 Å². The molecule has 6 aromatic heterocycles. The van der Waals surface area contributed by atoms with Crippen molar-refractivity contribution in [3.8, 4) is 134 Å². The van der Waals surface area contributed by atoms with Gasteiger partial charge in [-0.3, -0.25) is 0 Å². The molecule has 6 nitrogen and oxygen atoms in total. The number of hydrogen-bond donors (Lipinski definition) is 0. The minimum Gasteiger partial charge on any atom is -0.309 e. The third-order valence-corrected chi connectivity index (χ3v) is 30.4. The predicted octanol–water partition coefficient (Wildman–Crippen LogP) is 38.6. The molecule has 702 valence electrons. The first-order valence-corrected chi connectivity index (χ1v) is 51.6. The van der Waals surface area contributed by atoms with E-state index in [0.29, 0.717) is 0 Å². The third-order valence-electron chi connectivity index (χ3n) is 30.4. The van der Waals surface area contributed by atoms with Crippen molar-refractivity contribution < 1.29 is 0 Å². The topological polar surface area (TPSA) is 29.6 Å². The van der Waals surface area contributed by atoms with Gasteiger partial charge in [-0.2, -0.15) is 0 Å². The van der Waals surface area contributed by atoms with Gasteiger partial charge in [0.2, 0.25) is 0 Å². The van der Waals surface area contributed by atoms with Gasteiger partial charge in [-0.25, -0.2) is 0 Å². The van der Waals surface area contributed by atoms with E-state index in [1.165, 1.54) is 248 Å². The minimum atomic E-state index is 1.16. The average Bonchev–Trinajstić information content (AvgIpc) is 1.58. The Labute approximate surface area is 868 Å². The second kappa shape index (κ2) is 37.4. The highest BCUT2D eigenvalue weighted by Gasteiger charge is 2.28. The molecule has 0 aliphatic rings. The maximum atomic E-state index is 2.48. The van der Waals surface area contributed by atoms with Crippen LogP contribution in [0.1, 0.15) is 0 Å². The molecule has 30 aromatic rings. The minimum absolute atomic E-state index is 1.16. The van der Waals surface area contributed by atoms with E-state index in [0.717, 1.165) is 17.1 Å². The van der Waals surface area contributed by atoms with E-state index in [-0.39, 0.29) is 0 Å². The molecule has 0 saturated heterocycles. The SMILES string of the molecule is c1ccc(-c2ccc(-c3ccccc3)c(-n3c4ccccc4c4ccc(-c5cccc6c5c5ccccc5n6-c5ccccc5)cc43)c2)cc1.c1ccc(-c2ccc(-n3c4ccccc4c4ccc(-c5cccc6c5c5ccccc5n6-c5ccccc5)cc43)c(-c3ccccc3)c2)cc1.c1ccc(-c2cccc(-n3c4ccccc4c4ccc(-c5cccc6c5c5ccccc5n6-c5ccccc5)cc43)c2-c2ccccc2)cc1. The summed E-state index contributed by atoms with van der Waals surface area (Å²) in [7, 11) is 0. The largest absolute Gasteiger partial charge is 0.309 e. The molecule has 24 aromatic carbocycles. The summed E-state index contributed by atoms with van der Waals surface area (Å²) < 4.78 is 14.6. The van der Waals surface area contributed by atoms with Gasteiger partial charge in [0.25, 0.3) is 0 Å². The van der Waals surface area contributed by atoms with Crippen LogP contribution in [0.4, 0.5) is 0 Å². The molecule has 0 radical (unpaired) electrons. The summed E-state index contributed by atoms with van der Waals surface area (Å²) in [5.41, 5.74) is 43.1. The Hall–Kier alpha value is -19.9. The van der Waals surface area contributed by atoms with Crippen LogP contribution in [0.5, 0.6) is 0 Å². The molecule has 6 heterocycles. The standard InChI is InChI=1S/3C48H32N2/c1-4-16-33(17-5-1)37-24-14-28-44(47(37)34-18-6-2-7-19-34)50-42-26-12-10-22-39(42)40-31-30-35(32-46(40)50)38-25-15-29-45-48(38)41-23-11-13-27-43(41)49(45)36-20-8-3-9-21-36;1-4-15-33(16-5-1)35-28-30-45(42(31-35)34-17-6-2-7-18-34)50-43-24-12-10-21-39(43)40-29-27-36(32-47(40)50)38-23-14-26-46-48(38)41-22-11-13-25-44(41)49(46)37-19-8-3-9-20-37;1-4-15-33(16-5-1)35-27-29-38(34-17-6-2-7-18-34)46(31-35)50-43-24-12-10-21-40(43)41-30-28-36(32-47(41)50)39-23-14-26-45-48(39)42-22-11-13-25-44(42)49(45)37-19-8-3-9-20-37/h3*1-32H. The van der Waals surface area contributed by atoms with Gasteiger partial charge in [0, 0.05) is 98.4 Å². The highest BCUT2D eigenvalue weighted by molar-refractivity contribution is 6.22. The molecule has 0 unspecified atom stereocenters. The van der Waals surface area contributed by atoms with Crippen molar-refractivity contribution in [2.45, 2.75) is 0 Å². The average molecular weight is 1910 g/mol. The van der Waals surface area contributed by atoms with E-state index < -0.39 is 0 Å². The molecule has 0 saturated carbocycles. The number of rotatable bonds is 15. The number of para-hydroxylation sites is 9. The smallest absolute Gasteiger partial charge is 0.0547 e. The molecular formula is C144H96N6. The number of benzene rings is 24. The van der Waals surface area contributed by atoms with Gasteiger partial charge < -0.3 is 27.4 Å². The predicted molar refractivity (Wildman–Crippen MR) is 634 cm³/mol. The van der Waals surface area contributed by atoms with Gasteiger partial charge in [-0.1, -0.05) is 449 Å². The highest BCUT2D eigenvalue weighted by atomic mass is 15.0. The molecule has 150 heavy (non-hydrogen) atoms. The lowest BCUT2D eigenvalue weighted by Gasteiger charge is -2.18. The Morgan fingerprint density at radius 1 is 0.100 bits per heavy atom. The van der Waals surface area contributed by atoms with Gasteiger partial charge in [0.05, 0.1) is 83.3 Å². The van der Waals surface area contributed by atoms with E-state index in [1.54, 1.807) is 0 Å². The van der Waals surface area contributed by atoms with Gasteiger partial charge >= 0.3 is 0 Å². The zero-order valence-electron chi connectivity index (χ0n) is 82.1. The van der Waals surface area contributed by atoms with Crippen LogP contribution in [-0.2, 0) is 0 Å². The van der Waals surface area contributed by atoms with E-state index in [9.17, 15) is 0 Å². The number of fused-ring (bicyclic) bond motifs is 18. The summed E-state index contributed by atoms with van der Waals surface area (Å²) in [6.45, 7) is 0. The van der Waals surface area contributed by atoms with Gasteiger partial charge in [-0.15, -0.1) is 0 Å². The molecule has 6 heteroatoms. The summed E-state index contributed by atoms with van der Waals surface area (Å²) in [6, 6.07) is 211. The Kier molecular flexibility index (Phi) is 21.9. The second-order valence-electron chi connectivity index (χ2n) is 38.8. The maximum Gasteiger partial charge on any atom is 0.0547 e. The first-order valence-electron chi connectivity index (χ1n) is 51.6. The van der Waals surface area contributed by atoms with Gasteiger partial charge in [0.15, 0.2) is 0 Å². The lowest BCUT2D eigenvalue weighted by atomic mass is 9.92. The fraction of sp³-hybridized carbons (Fsp3) is 0. The van der Waals surface area contributed by atoms with Crippen LogP contribution in [0, 0.1) is 0 Å². The Bertz CT molecular complexity index is 10100. The number of aromatic nitrogens is 6. The van der Waals surface area contributed by atoms with E-state index in [1.807, 2.05) is 0 Å². The molecular weight excluding hydrogens is 1810 g/mol. The summed E-state index contributed by atoms with van der Waals surface area (Å²) in [4.78, 5) is 0. The molecule has 0 aliphatic carbocycles. The molecule has 0 aliphatic heterocycles. The van der Waals surface area contributed by atoms with Crippen molar-refractivity contribution in [3.05, 3.63) is 582 Å². The fourth-order valence-electron chi connectivity index (χ4n) is 23.8. The van der Waals surface area contributed by atoms with Crippen molar-refractivity contribution in [2.24, 2.45) is 0 Å². The summed E-state index contributed by atoms with van der Waals surface area (Å²) >= 11 is 0. The van der Waals surface area contributed by atoms with Crippen molar-refractivity contribution in [2.75, 3.05) is 0 Å². The van der Waals surface area contributed by atoms with Crippen molar-refractivity contribution in [1.82, 2.24) is 27.4 Å². The van der Waals surface area contributed by atoms with Crippen molar-refractivity contribution in [3.63, 3.8) is 0 Å². The molecule has 0 atom stereocenters.